The maximum atomic E-state index is 12.8. The number of carbonyl (C=O) groups excluding carboxylic acids is 1. The van der Waals surface area contributed by atoms with E-state index in [2.05, 4.69) is 20.9 Å². The van der Waals surface area contributed by atoms with Gasteiger partial charge in [0.1, 0.15) is 10.0 Å². The van der Waals surface area contributed by atoms with Gasteiger partial charge in [0.05, 0.1) is 10.9 Å². The maximum Gasteiger partial charge on any atom is 0.393 e. The van der Waals surface area contributed by atoms with Crippen LogP contribution in [0.5, 0.6) is 0 Å². The molecule has 2 aromatic rings. The molecule has 1 N–H and O–H groups in total. The molecule has 0 spiro atoms. The lowest BCUT2D eigenvalue weighted by Crippen LogP contribution is -2.31. The lowest BCUT2D eigenvalue weighted by molar-refractivity contribution is -0.150. The van der Waals surface area contributed by atoms with Crippen LogP contribution in [-0.4, -0.2) is 30.1 Å². The van der Waals surface area contributed by atoms with Gasteiger partial charge in [-0.1, -0.05) is 35.3 Å². The fraction of sp³-hybridized carbons (Fsp3) is 0.286. The second-order valence-electron chi connectivity index (χ2n) is 5.71. The zero-order valence-electron chi connectivity index (χ0n) is 13.0. The summed E-state index contributed by atoms with van der Waals surface area (Å²) in [6.45, 7) is 0. The Bertz CT molecular complexity index is 1030. The van der Waals surface area contributed by atoms with Gasteiger partial charge in [-0.15, -0.1) is 0 Å². The number of nitrogens with one attached hydrogen (secondary N) is 1. The molecule has 2 atom stereocenters. The van der Waals surface area contributed by atoms with Crippen LogP contribution < -0.4 is 4.72 Å². The quantitative estimate of drug-likeness (QED) is 0.674. The van der Waals surface area contributed by atoms with Crippen LogP contribution in [0.15, 0.2) is 33.9 Å². The van der Waals surface area contributed by atoms with Crippen LogP contribution in [0.2, 0.25) is 10.2 Å². The van der Waals surface area contributed by atoms with Gasteiger partial charge in [0.15, 0.2) is 10.4 Å². The molecule has 146 valence electrons. The number of imidazole rings is 1. The fourth-order valence-corrected chi connectivity index (χ4v) is 5.05. The summed E-state index contributed by atoms with van der Waals surface area (Å²) < 4.78 is 65.7. The van der Waals surface area contributed by atoms with E-state index in [0.717, 1.165) is 4.57 Å². The van der Waals surface area contributed by atoms with E-state index < -0.39 is 44.9 Å². The molecular weight excluding hydrogens is 498 g/mol. The third-order valence-electron chi connectivity index (χ3n) is 3.89. The molecule has 1 aromatic carbocycles. The molecule has 27 heavy (non-hydrogen) atoms. The van der Waals surface area contributed by atoms with E-state index in [9.17, 15) is 26.4 Å². The molecule has 1 aromatic heterocycles. The molecule has 1 aliphatic carbocycles. The van der Waals surface area contributed by atoms with Crippen molar-refractivity contribution in [3.8, 4) is 0 Å². The number of halogens is 6. The Kier molecular flexibility index (Phi) is 5.26. The topological polar surface area (TPSA) is 81.1 Å². The molecule has 13 heteroatoms. The van der Waals surface area contributed by atoms with Crippen molar-refractivity contribution in [3.63, 3.8) is 0 Å². The monoisotopic (exact) mass is 505 g/mol. The Balaban J connectivity index is 1.87. The van der Waals surface area contributed by atoms with Crippen LogP contribution in [0.3, 0.4) is 0 Å². The number of sulfonamides is 1. The molecule has 1 saturated carbocycles. The summed E-state index contributed by atoms with van der Waals surface area (Å²) in [6.07, 6.45) is -4.62. The number of aromatic nitrogens is 2. The molecule has 0 radical (unpaired) electrons. The number of nitrogens with zero attached hydrogens (tertiary/aromatic N) is 2. The minimum atomic E-state index is -4.41. The molecule has 1 aliphatic rings. The predicted molar refractivity (Wildman–Crippen MR) is 94.2 cm³/mol. The first-order valence-electron chi connectivity index (χ1n) is 7.25. The number of rotatable bonds is 4. The van der Waals surface area contributed by atoms with Crippen molar-refractivity contribution >= 4 is 55.1 Å². The first-order valence-corrected chi connectivity index (χ1v) is 10.3. The van der Waals surface area contributed by atoms with Crippen molar-refractivity contribution in [1.82, 2.24) is 14.3 Å². The Morgan fingerprint density at radius 3 is 2.48 bits per heavy atom. The van der Waals surface area contributed by atoms with E-state index in [0.29, 0.717) is 0 Å². The number of alkyl halides is 3. The summed E-state index contributed by atoms with van der Waals surface area (Å²) in [5.41, 5.74) is -0.521. The molecule has 0 unspecified atom stereocenters. The highest BCUT2D eigenvalue weighted by atomic mass is 79.9. The Labute approximate surface area is 169 Å². The van der Waals surface area contributed by atoms with E-state index in [4.69, 9.17) is 23.2 Å². The van der Waals surface area contributed by atoms with Crippen molar-refractivity contribution < 1.29 is 26.4 Å². The standard InChI is InChI=1S/C14H9BrCl2F3N3O3S/c15-13-21-10(11(17)23(13)8-5-6(8)14(18,19)20)12(24)22-27(25,26)9-4-2-1-3-7(9)16/h1-4,6,8H,5H2,(H,22,24)/t6-,8-/m1/s1. The van der Waals surface area contributed by atoms with E-state index in [1.807, 2.05) is 0 Å². The fourth-order valence-electron chi connectivity index (χ4n) is 2.52. The molecule has 0 saturated heterocycles. The SMILES string of the molecule is O=C(NS(=O)(=O)c1ccccc1Cl)c1nc(Br)n([C@@H]2C[C@H]2C(F)(F)F)c1Cl. The summed E-state index contributed by atoms with van der Waals surface area (Å²) >= 11 is 14.8. The first kappa shape index (κ1) is 20.4. The number of amides is 1. The second kappa shape index (κ2) is 6.94. The molecule has 0 bridgehead atoms. The Hall–Kier alpha value is -1.30. The van der Waals surface area contributed by atoms with Crippen LogP contribution in [0.4, 0.5) is 13.2 Å². The first-order chi connectivity index (χ1) is 12.4. The molecular formula is C14H9BrCl2F3N3O3S. The van der Waals surface area contributed by atoms with Crippen molar-refractivity contribution in [2.45, 2.75) is 23.5 Å². The van der Waals surface area contributed by atoms with E-state index in [1.165, 1.54) is 24.3 Å². The molecule has 1 amide bonds. The van der Waals surface area contributed by atoms with Crippen LogP contribution >= 0.6 is 39.1 Å². The predicted octanol–water partition coefficient (Wildman–Crippen LogP) is 4.19. The maximum absolute atomic E-state index is 12.8. The van der Waals surface area contributed by atoms with Gasteiger partial charge in [0, 0.05) is 6.04 Å². The summed E-state index contributed by atoms with van der Waals surface area (Å²) in [5.74, 6) is -2.80. The van der Waals surface area contributed by atoms with Gasteiger partial charge in [-0.3, -0.25) is 4.79 Å². The van der Waals surface area contributed by atoms with Gasteiger partial charge in [-0.25, -0.2) is 18.1 Å². The zero-order chi connectivity index (χ0) is 20.1. The van der Waals surface area contributed by atoms with Crippen molar-refractivity contribution in [2.24, 2.45) is 5.92 Å². The Morgan fingerprint density at radius 2 is 1.93 bits per heavy atom. The highest BCUT2D eigenvalue weighted by Crippen LogP contribution is 2.55. The highest BCUT2D eigenvalue weighted by molar-refractivity contribution is 9.10. The van der Waals surface area contributed by atoms with Gasteiger partial charge in [0.2, 0.25) is 0 Å². The number of carbonyl (C=O) groups is 1. The Morgan fingerprint density at radius 1 is 1.30 bits per heavy atom. The van der Waals surface area contributed by atoms with Crippen LogP contribution in [0.25, 0.3) is 0 Å². The lowest BCUT2D eigenvalue weighted by atomic mass is 10.4. The smallest absolute Gasteiger partial charge is 0.305 e. The summed E-state index contributed by atoms with van der Waals surface area (Å²) in [5, 5.41) is -0.507. The van der Waals surface area contributed by atoms with Crippen molar-refractivity contribution in [3.05, 3.63) is 44.9 Å². The molecule has 6 nitrogen and oxygen atoms in total. The van der Waals surface area contributed by atoms with Crippen LogP contribution in [-0.2, 0) is 10.0 Å². The summed E-state index contributed by atoms with van der Waals surface area (Å²) in [4.78, 5) is 15.7. The molecule has 0 aliphatic heterocycles. The third kappa shape index (κ3) is 3.96. The van der Waals surface area contributed by atoms with Gasteiger partial charge in [0.25, 0.3) is 15.9 Å². The summed E-state index contributed by atoms with van der Waals surface area (Å²) in [7, 11) is -4.33. The number of benzene rings is 1. The average Bonchev–Trinajstić information content (AvgIpc) is 3.27. The lowest BCUT2D eigenvalue weighted by Gasteiger charge is -2.09. The molecule has 1 fully saturated rings. The normalized spacial score (nSPS) is 19.8. The molecule has 3 rings (SSSR count). The van der Waals surface area contributed by atoms with E-state index in [1.54, 1.807) is 4.72 Å². The minimum absolute atomic E-state index is 0.107. The summed E-state index contributed by atoms with van der Waals surface area (Å²) in [6, 6.07) is 4.41. The van der Waals surface area contributed by atoms with E-state index >= 15 is 0 Å². The van der Waals surface area contributed by atoms with Gasteiger partial charge >= 0.3 is 6.18 Å². The second-order valence-corrected chi connectivity index (χ2v) is 8.83. The van der Waals surface area contributed by atoms with E-state index in [-0.39, 0.29) is 21.1 Å². The van der Waals surface area contributed by atoms with Crippen LogP contribution in [0.1, 0.15) is 23.0 Å². The van der Waals surface area contributed by atoms with Gasteiger partial charge in [-0.05, 0) is 34.5 Å². The zero-order valence-corrected chi connectivity index (χ0v) is 16.9. The largest absolute Gasteiger partial charge is 0.393 e. The highest BCUT2D eigenvalue weighted by Gasteiger charge is 2.57. The average molecular weight is 507 g/mol. The minimum Gasteiger partial charge on any atom is -0.305 e. The van der Waals surface area contributed by atoms with Gasteiger partial charge < -0.3 is 4.57 Å². The number of hydrogen-bond donors (Lipinski definition) is 1. The van der Waals surface area contributed by atoms with Crippen LogP contribution in [0, 0.1) is 5.92 Å². The van der Waals surface area contributed by atoms with Gasteiger partial charge in [-0.2, -0.15) is 13.2 Å². The third-order valence-corrected chi connectivity index (χ3v) is 6.64. The molecule has 1 heterocycles. The van der Waals surface area contributed by atoms with Crippen molar-refractivity contribution in [1.29, 1.82) is 0 Å². The van der Waals surface area contributed by atoms with Crippen molar-refractivity contribution in [2.75, 3.05) is 0 Å². The number of hydrogen-bond acceptors (Lipinski definition) is 4.